The Bertz CT molecular complexity index is 2850. The van der Waals surface area contributed by atoms with Gasteiger partial charge in [0.05, 0.1) is 11.4 Å². The van der Waals surface area contributed by atoms with Gasteiger partial charge in [-0.2, -0.15) is 0 Å². The largest absolute Gasteiger partial charge is 0.309 e. The molecule has 10 aromatic rings. The number of thiophene rings is 1. The lowest BCUT2D eigenvalue weighted by atomic mass is 9.95. The highest BCUT2D eigenvalue weighted by molar-refractivity contribution is 7.26. The summed E-state index contributed by atoms with van der Waals surface area (Å²) in [4.78, 5) is 2.49. The number of nitrogens with zero attached hydrogens (tertiary/aromatic N) is 1. The SMILES string of the molecule is c1ccc(-c2ccccc2N(c2ccc3c(ccc4ccc5ccccc5c43)c2)c2cc3sc4ccccc4c3c3ccccc23)cc1. The minimum absolute atomic E-state index is 1.14. The molecule has 0 saturated carbocycles. The molecule has 1 aromatic heterocycles. The Kier molecular flexibility index (Phi) is 6.12. The highest BCUT2D eigenvalue weighted by Gasteiger charge is 2.22. The Morgan fingerprint density at radius 3 is 1.88 bits per heavy atom. The van der Waals surface area contributed by atoms with Crippen molar-refractivity contribution in [2.75, 3.05) is 4.90 Å². The van der Waals surface area contributed by atoms with Crippen molar-refractivity contribution in [1.82, 2.24) is 0 Å². The van der Waals surface area contributed by atoms with Gasteiger partial charge in [-0.25, -0.2) is 0 Å². The zero-order valence-electron chi connectivity index (χ0n) is 26.1. The van der Waals surface area contributed by atoms with Crippen LogP contribution in [0.25, 0.3) is 74.4 Å². The van der Waals surface area contributed by atoms with Crippen LogP contribution in [0.3, 0.4) is 0 Å². The van der Waals surface area contributed by atoms with Crippen molar-refractivity contribution in [1.29, 1.82) is 0 Å². The highest BCUT2D eigenvalue weighted by Crippen LogP contribution is 2.48. The van der Waals surface area contributed by atoms with Crippen LogP contribution in [-0.2, 0) is 0 Å². The van der Waals surface area contributed by atoms with Crippen molar-refractivity contribution in [2.24, 2.45) is 0 Å². The van der Waals surface area contributed by atoms with Gasteiger partial charge < -0.3 is 4.90 Å². The molecule has 48 heavy (non-hydrogen) atoms. The van der Waals surface area contributed by atoms with E-state index in [1.54, 1.807) is 0 Å². The lowest BCUT2D eigenvalue weighted by molar-refractivity contribution is 1.31. The second-order valence-corrected chi connectivity index (χ2v) is 13.6. The fourth-order valence-electron chi connectivity index (χ4n) is 7.66. The molecular weight excluding hydrogens is 599 g/mol. The van der Waals surface area contributed by atoms with E-state index >= 15 is 0 Å². The fraction of sp³-hybridized carbons (Fsp3) is 0. The summed E-state index contributed by atoms with van der Waals surface area (Å²) in [6.07, 6.45) is 0. The third-order valence-corrected chi connectivity index (χ3v) is 10.9. The Hall–Kier alpha value is -5.96. The Balaban J connectivity index is 1.30. The molecular formula is C46H29NS. The molecule has 2 heteroatoms. The van der Waals surface area contributed by atoms with E-state index in [9.17, 15) is 0 Å². The molecule has 0 saturated heterocycles. The molecule has 1 nitrogen and oxygen atoms in total. The van der Waals surface area contributed by atoms with E-state index in [4.69, 9.17) is 0 Å². The first kappa shape index (κ1) is 27.2. The first-order valence-corrected chi connectivity index (χ1v) is 17.3. The third-order valence-electron chi connectivity index (χ3n) is 9.80. The molecule has 0 bridgehead atoms. The topological polar surface area (TPSA) is 3.24 Å². The van der Waals surface area contributed by atoms with Gasteiger partial charge in [-0.3, -0.25) is 0 Å². The number of fused-ring (bicyclic) bond motifs is 10. The summed E-state index contributed by atoms with van der Waals surface area (Å²) in [5.41, 5.74) is 5.86. The van der Waals surface area contributed by atoms with E-state index in [1.165, 1.54) is 80.1 Å². The van der Waals surface area contributed by atoms with Gasteiger partial charge in [0.25, 0.3) is 0 Å². The predicted octanol–water partition coefficient (Wildman–Crippen LogP) is 13.8. The number of hydrogen-bond acceptors (Lipinski definition) is 2. The number of benzene rings is 9. The molecule has 0 radical (unpaired) electrons. The first-order chi connectivity index (χ1) is 23.8. The van der Waals surface area contributed by atoms with Crippen LogP contribution in [0.2, 0.25) is 0 Å². The molecule has 0 amide bonds. The fourth-order valence-corrected chi connectivity index (χ4v) is 8.81. The van der Waals surface area contributed by atoms with Crippen LogP contribution < -0.4 is 4.90 Å². The molecule has 224 valence electrons. The lowest BCUT2D eigenvalue weighted by Gasteiger charge is -2.29. The molecule has 1 heterocycles. The Labute approximate surface area is 282 Å². The maximum Gasteiger partial charge on any atom is 0.0554 e. The van der Waals surface area contributed by atoms with Gasteiger partial charge in [-0.1, -0.05) is 146 Å². The summed E-state index contributed by atoms with van der Waals surface area (Å²) < 4.78 is 2.61. The minimum atomic E-state index is 1.14. The number of hydrogen-bond donors (Lipinski definition) is 0. The molecule has 0 aliphatic carbocycles. The van der Waals surface area contributed by atoms with Crippen molar-refractivity contribution in [3.8, 4) is 11.1 Å². The van der Waals surface area contributed by atoms with Crippen LogP contribution in [0.4, 0.5) is 17.1 Å². The summed E-state index contributed by atoms with van der Waals surface area (Å²) in [6, 6.07) is 64.5. The molecule has 10 rings (SSSR count). The van der Waals surface area contributed by atoms with Crippen molar-refractivity contribution in [3.05, 3.63) is 176 Å². The van der Waals surface area contributed by atoms with Gasteiger partial charge in [0, 0.05) is 36.8 Å². The number of para-hydroxylation sites is 1. The van der Waals surface area contributed by atoms with Crippen molar-refractivity contribution >= 4 is 91.7 Å². The average Bonchev–Trinajstić information content (AvgIpc) is 3.54. The van der Waals surface area contributed by atoms with Crippen LogP contribution >= 0.6 is 11.3 Å². The highest BCUT2D eigenvalue weighted by atomic mass is 32.1. The minimum Gasteiger partial charge on any atom is -0.309 e. The number of anilines is 3. The quantitative estimate of drug-likeness (QED) is 0.176. The maximum absolute atomic E-state index is 2.49. The van der Waals surface area contributed by atoms with Crippen molar-refractivity contribution in [3.63, 3.8) is 0 Å². The Morgan fingerprint density at radius 1 is 0.354 bits per heavy atom. The zero-order valence-corrected chi connectivity index (χ0v) is 26.9. The molecule has 9 aromatic carbocycles. The van der Waals surface area contributed by atoms with Crippen LogP contribution in [0, 0.1) is 0 Å². The molecule has 0 atom stereocenters. The molecule has 0 N–H and O–H groups in total. The second-order valence-electron chi connectivity index (χ2n) is 12.5. The molecule has 0 aliphatic heterocycles. The van der Waals surface area contributed by atoms with E-state index in [0.717, 1.165) is 11.4 Å². The van der Waals surface area contributed by atoms with Gasteiger partial charge in [-0.15, -0.1) is 11.3 Å². The Morgan fingerprint density at radius 2 is 1.00 bits per heavy atom. The standard InChI is InChI=1S/C46H29NS/c1-2-12-30(13-3-1)35-15-8-10-20-41(35)47(42-29-44-46(39-18-7-6-17-38(39)42)40-19-9-11-21-43(40)48-44)34-26-27-37-33(28-34)25-24-32-23-22-31-14-4-5-16-36(31)45(32)37/h1-29H. The van der Waals surface area contributed by atoms with Crippen LogP contribution in [0.15, 0.2) is 176 Å². The van der Waals surface area contributed by atoms with Crippen LogP contribution in [0.5, 0.6) is 0 Å². The van der Waals surface area contributed by atoms with Crippen molar-refractivity contribution < 1.29 is 0 Å². The second kappa shape index (κ2) is 10.8. The van der Waals surface area contributed by atoms with Gasteiger partial charge in [0.2, 0.25) is 0 Å². The first-order valence-electron chi connectivity index (χ1n) is 16.4. The molecule has 0 unspecified atom stereocenters. The van der Waals surface area contributed by atoms with E-state index < -0.39 is 0 Å². The monoisotopic (exact) mass is 627 g/mol. The smallest absolute Gasteiger partial charge is 0.0554 e. The summed E-state index contributed by atoms with van der Waals surface area (Å²) in [5, 5.41) is 12.8. The lowest BCUT2D eigenvalue weighted by Crippen LogP contribution is -2.12. The van der Waals surface area contributed by atoms with E-state index in [2.05, 4.69) is 181 Å². The third kappa shape index (κ3) is 4.17. The van der Waals surface area contributed by atoms with Crippen LogP contribution in [0.1, 0.15) is 0 Å². The maximum atomic E-state index is 2.49. The average molecular weight is 628 g/mol. The summed E-state index contributed by atoms with van der Waals surface area (Å²) in [6.45, 7) is 0. The van der Waals surface area contributed by atoms with Gasteiger partial charge >= 0.3 is 0 Å². The summed E-state index contributed by atoms with van der Waals surface area (Å²) >= 11 is 1.88. The molecule has 0 fully saturated rings. The zero-order chi connectivity index (χ0) is 31.6. The van der Waals surface area contributed by atoms with E-state index in [0.29, 0.717) is 0 Å². The van der Waals surface area contributed by atoms with Crippen molar-refractivity contribution in [2.45, 2.75) is 0 Å². The van der Waals surface area contributed by atoms with Gasteiger partial charge in [0.1, 0.15) is 0 Å². The normalized spacial score (nSPS) is 11.8. The molecule has 0 spiro atoms. The summed E-state index contributed by atoms with van der Waals surface area (Å²) in [5.74, 6) is 0. The number of rotatable bonds is 4. The summed E-state index contributed by atoms with van der Waals surface area (Å²) in [7, 11) is 0. The van der Waals surface area contributed by atoms with E-state index in [1.807, 2.05) is 11.3 Å². The molecule has 0 aliphatic rings. The van der Waals surface area contributed by atoms with Gasteiger partial charge in [0.15, 0.2) is 0 Å². The predicted molar refractivity (Wildman–Crippen MR) is 209 cm³/mol. The van der Waals surface area contributed by atoms with Gasteiger partial charge in [-0.05, 0) is 73.6 Å². The van der Waals surface area contributed by atoms with E-state index in [-0.39, 0.29) is 0 Å². The van der Waals surface area contributed by atoms with Crippen LogP contribution in [-0.4, -0.2) is 0 Å².